The Morgan fingerprint density at radius 1 is 1.14 bits per heavy atom. The summed E-state index contributed by atoms with van der Waals surface area (Å²) in [6.45, 7) is 0.376. The van der Waals surface area contributed by atoms with Crippen LogP contribution in [0.2, 0.25) is 5.02 Å². The average Bonchev–Trinajstić information content (AvgIpc) is 3.33. The van der Waals surface area contributed by atoms with Gasteiger partial charge in [0.2, 0.25) is 5.16 Å². The Labute approximate surface area is 179 Å². The molecule has 2 N–H and O–H groups in total. The fraction of sp³-hybridized carbons (Fsp3) is 0.105. The molecule has 0 saturated heterocycles. The van der Waals surface area contributed by atoms with Gasteiger partial charge in [-0.3, -0.25) is 0 Å². The van der Waals surface area contributed by atoms with Crippen molar-refractivity contribution in [2.45, 2.75) is 17.5 Å². The van der Waals surface area contributed by atoms with Crippen LogP contribution in [0.25, 0.3) is 11.4 Å². The third kappa shape index (κ3) is 4.69. The molecule has 29 heavy (non-hydrogen) atoms. The van der Waals surface area contributed by atoms with Crippen LogP contribution in [0.1, 0.15) is 10.7 Å². The number of halogens is 2. The second-order valence-electron chi connectivity index (χ2n) is 5.92. The van der Waals surface area contributed by atoms with Gasteiger partial charge in [0.25, 0.3) is 0 Å². The van der Waals surface area contributed by atoms with Gasteiger partial charge in [-0.15, -0.1) is 21.5 Å². The molecule has 148 valence electrons. The van der Waals surface area contributed by atoms with E-state index >= 15 is 0 Å². The van der Waals surface area contributed by atoms with Gasteiger partial charge in [-0.1, -0.05) is 35.5 Å². The lowest BCUT2D eigenvalue weighted by molar-refractivity contribution is 0.305. The van der Waals surface area contributed by atoms with Crippen LogP contribution in [-0.2, 0) is 12.4 Å². The fourth-order valence-corrected chi connectivity index (χ4v) is 4.18. The van der Waals surface area contributed by atoms with Gasteiger partial charge in [0.15, 0.2) is 5.82 Å². The fourth-order valence-electron chi connectivity index (χ4n) is 2.50. The molecule has 2 heterocycles. The molecule has 0 bridgehead atoms. The Morgan fingerprint density at radius 3 is 2.72 bits per heavy atom. The lowest BCUT2D eigenvalue weighted by Crippen LogP contribution is -2.12. The molecular formula is C19H15ClFN5OS2. The van der Waals surface area contributed by atoms with E-state index in [1.54, 1.807) is 30.3 Å². The molecular weight excluding hydrogens is 433 g/mol. The smallest absolute Gasteiger partial charge is 0.210 e. The number of benzene rings is 2. The summed E-state index contributed by atoms with van der Waals surface area (Å²) in [5, 5.41) is 12.0. The van der Waals surface area contributed by atoms with Crippen molar-refractivity contribution >= 4 is 34.7 Å². The molecule has 0 fully saturated rings. The normalized spacial score (nSPS) is 11.0. The first-order valence-corrected chi connectivity index (χ1v) is 10.7. The van der Waals surface area contributed by atoms with E-state index in [2.05, 4.69) is 15.2 Å². The van der Waals surface area contributed by atoms with E-state index in [9.17, 15) is 4.39 Å². The third-order valence-electron chi connectivity index (χ3n) is 3.90. The first-order chi connectivity index (χ1) is 14.1. The van der Waals surface area contributed by atoms with E-state index in [1.165, 1.54) is 33.8 Å². The molecule has 2 aromatic carbocycles. The largest absolute Gasteiger partial charge is 0.486 e. The zero-order valence-corrected chi connectivity index (χ0v) is 17.3. The lowest BCUT2D eigenvalue weighted by Gasteiger charge is -2.04. The molecule has 0 amide bonds. The number of ether oxygens (including phenoxy) is 1. The number of hydrogen-bond acceptors (Lipinski definition) is 7. The van der Waals surface area contributed by atoms with Gasteiger partial charge in [0.05, 0.1) is 11.3 Å². The van der Waals surface area contributed by atoms with Gasteiger partial charge in [-0.2, -0.15) is 0 Å². The van der Waals surface area contributed by atoms with Crippen LogP contribution >= 0.6 is 34.7 Å². The number of hydrogen-bond donors (Lipinski definition) is 1. The van der Waals surface area contributed by atoms with Crippen LogP contribution in [0.15, 0.2) is 59.1 Å². The van der Waals surface area contributed by atoms with Crippen molar-refractivity contribution in [1.29, 1.82) is 0 Å². The van der Waals surface area contributed by atoms with E-state index in [1.807, 2.05) is 17.5 Å². The highest BCUT2D eigenvalue weighted by atomic mass is 35.5. The van der Waals surface area contributed by atoms with Crippen LogP contribution in [-0.4, -0.2) is 19.9 Å². The maximum atomic E-state index is 14.0. The molecule has 0 aliphatic heterocycles. The van der Waals surface area contributed by atoms with Gasteiger partial charge in [-0.05, 0) is 36.4 Å². The monoisotopic (exact) mass is 447 g/mol. The predicted molar refractivity (Wildman–Crippen MR) is 113 cm³/mol. The van der Waals surface area contributed by atoms with Crippen LogP contribution in [0.3, 0.4) is 0 Å². The van der Waals surface area contributed by atoms with E-state index < -0.39 is 5.82 Å². The first kappa shape index (κ1) is 19.7. The standard InChI is InChI=1S/C19H15ClFN5OS2/c20-12-5-7-14(8-6-12)27-9-17-23-13(10-28-17)11-29-19-25-24-18(26(19)22)15-3-1-2-4-16(15)21/h1-8,10H,9,11,22H2. The Kier molecular flexibility index (Phi) is 5.98. The molecule has 0 aliphatic carbocycles. The molecule has 6 nitrogen and oxygen atoms in total. The van der Waals surface area contributed by atoms with Gasteiger partial charge in [-0.25, -0.2) is 14.1 Å². The summed E-state index contributed by atoms with van der Waals surface area (Å²) in [6, 6.07) is 13.5. The predicted octanol–water partition coefficient (Wildman–Crippen LogP) is 4.78. The van der Waals surface area contributed by atoms with Gasteiger partial charge in [0.1, 0.15) is 23.2 Å². The zero-order chi connectivity index (χ0) is 20.2. The number of thiazole rings is 1. The summed E-state index contributed by atoms with van der Waals surface area (Å²) in [5.41, 5.74) is 1.19. The summed E-state index contributed by atoms with van der Waals surface area (Å²) in [5.74, 6) is 7.23. The molecule has 0 radical (unpaired) electrons. The van der Waals surface area contributed by atoms with Gasteiger partial charge in [0, 0.05) is 16.2 Å². The Balaban J connectivity index is 1.36. The number of nitrogens with two attached hydrogens (primary N) is 1. The third-order valence-corrected chi connectivity index (χ3v) is 6.00. The Morgan fingerprint density at radius 2 is 1.93 bits per heavy atom. The molecule has 0 spiro atoms. The summed E-state index contributed by atoms with van der Waals surface area (Å²) < 4.78 is 21.0. The van der Waals surface area contributed by atoms with E-state index in [4.69, 9.17) is 22.2 Å². The maximum absolute atomic E-state index is 14.0. The number of rotatable bonds is 7. The second-order valence-corrected chi connectivity index (χ2v) is 8.24. The van der Waals surface area contributed by atoms with Crippen molar-refractivity contribution in [3.05, 3.63) is 75.5 Å². The number of nitrogens with zero attached hydrogens (tertiary/aromatic N) is 4. The number of thioether (sulfide) groups is 1. The van der Waals surface area contributed by atoms with Crippen molar-refractivity contribution in [2.75, 3.05) is 5.84 Å². The van der Waals surface area contributed by atoms with Crippen molar-refractivity contribution in [3.8, 4) is 17.1 Å². The average molecular weight is 448 g/mol. The van der Waals surface area contributed by atoms with Crippen molar-refractivity contribution in [1.82, 2.24) is 19.9 Å². The lowest BCUT2D eigenvalue weighted by atomic mass is 10.2. The SMILES string of the molecule is Nn1c(SCc2csc(COc3ccc(Cl)cc3)n2)nnc1-c1ccccc1F. The van der Waals surface area contributed by atoms with Crippen LogP contribution in [0, 0.1) is 5.82 Å². The Bertz CT molecular complexity index is 1120. The van der Waals surface area contributed by atoms with E-state index in [0.717, 1.165) is 16.5 Å². The highest BCUT2D eigenvalue weighted by molar-refractivity contribution is 7.98. The Hall–Kier alpha value is -2.62. The highest BCUT2D eigenvalue weighted by Gasteiger charge is 2.15. The molecule has 4 rings (SSSR count). The summed E-state index contributed by atoms with van der Waals surface area (Å²) >= 11 is 8.76. The second kappa shape index (κ2) is 8.81. The van der Waals surface area contributed by atoms with Crippen LogP contribution in [0.5, 0.6) is 5.75 Å². The molecule has 0 unspecified atom stereocenters. The molecule has 0 atom stereocenters. The topological polar surface area (TPSA) is 78.9 Å². The number of aromatic nitrogens is 4. The van der Waals surface area contributed by atoms with Crippen molar-refractivity contribution in [3.63, 3.8) is 0 Å². The van der Waals surface area contributed by atoms with Crippen LogP contribution < -0.4 is 10.6 Å². The maximum Gasteiger partial charge on any atom is 0.210 e. The minimum absolute atomic E-state index is 0.279. The summed E-state index contributed by atoms with van der Waals surface area (Å²) in [7, 11) is 0. The zero-order valence-electron chi connectivity index (χ0n) is 15.0. The van der Waals surface area contributed by atoms with E-state index in [-0.39, 0.29) is 5.82 Å². The van der Waals surface area contributed by atoms with Gasteiger partial charge >= 0.3 is 0 Å². The van der Waals surface area contributed by atoms with Crippen LogP contribution in [0.4, 0.5) is 4.39 Å². The minimum Gasteiger partial charge on any atom is -0.486 e. The van der Waals surface area contributed by atoms with Crippen molar-refractivity contribution < 1.29 is 9.13 Å². The number of nitrogen functional groups attached to an aromatic ring is 1. The van der Waals surface area contributed by atoms with Gasteiger partial charge < -0.3 is 10.6 Å². The molecule has 4 aromatic rings. The van der Waals surface area contributed by atoms with Crippen molar-refractivity contribution in [2.24, 2.45) is 0 Å². The molecule has 2 aromatic heterocycles. The molecule has 0 saturated carbocycles. The minimum atomic E-state index is -0.395. The van der Waals surface area contributed by atoms with E-state index in [0.29, 0.717) is 28.1 Å². The quantitative estimate of drug-likeness (QED) is 0.324. The molecule has 0 aliphatic rings. The molecule has 10 heteroatoms. The summed E-state index contributed by atoms with van der Waals surface area (Å²) in [6.07, 6.45) is 0. The summed E-state index contributed by atoms with van der Waals surface area (Å²) in [4.78, 5) is 4.56. The highest BCUT2D eigenvalue weighted by Crippen LogP contribution is 2.26. The first-order valence-electron chi connectivity index (χ1n) is 8.50.